The van der Waals surface area contributed by atoms with Crippen molar-refractivity contribution in [3.63, 3.8) is 0 Å². The van der Waals surface area contributed by atoms with E-state index in [4.69, 9.17) is 4.98 Å². The third kappa shape index (κ3) is 2.88. The van der Waals surface area contributed by atoms with Crippen LogP contribution in [0.2, 0.25) is 19.6 Å². The van der Waals surface area contributed by atoms with E-state index >= 15 is 0 Å². The highest BCUT2D eigenvalue weighted by molar-refractivity contribution is 6.82. The van der Waals surface area contributed by atoms with Gasteiger partial charge < -0.3 is 4.98 Å². The minimum absolute atomic E-state index is 1.21. The van der Waals surface area contributed by atoms with Crippen molar-refractivity contribution < 1.29 is 0 Å². The van der Waals surface area contributed by atoms with Gasteiger partial charge in [0, 0.05) is 0 Å². The maximum atomic E-state index is 4.83. The number of hydrogen-bond acceptors (Lipinski definition) is 0. The molecule has 0 aliphatic carbocycles. The lowest BCUT2D eigenvalue weighted by Crippen LogP contribution is -2.17. The summed E-state index contributed by atoms with van der Waals surface area (Å²) < 4.78 is 0. The number of benzene rings is 1. The Kier molecular flexibility index (Phi) is 2.81. The third-order valence-electron chi connectivity index (χ3n) is 1.89. The van der Waals surface area contributed by atoms with Crippen LogP contribution >= 0.6 is 0 Å². The lowest BCUT2D eigenvalue weighted by molar-refractivity contribution is 1.39. The molecule has 0 atom stereocenters. The molecule has 0 fully saturated rings. The molecule has 0 bridgehead atoms. The zero-order chi connectivity index (χ0) is 10.1. The Bertz CT molecular complexity index is 279. The first-order chi connectivity index (χ1) is 5.90. The SMILES string of the molecule is Cc1cccc(C)c1[N-][Si](C)(C)C. The van der Waals surface area contributed by atoms with E-state index in [2.05, 4.69) is 51.7 Å². The van der Waals surface area contributed by atoms with Gasteiger partial charge in [-0.2, -0.15) is 0 Å². The van der Waals surface area contributed by atoms with Crippen LogP contribution in [0, 0.1) is 13.8 Å². The lowest BCUT2D eigenvalue weighted by Gasteiger charge is -2.38. The summed E-state index contributed by atoms with van der Waals surface area (Å²) in [6.07, 6.45) is 0. The number of hydrogen-bond donors (Lipinski definition) is 0. The topological polar surface area (TPSA) is 14.1 Å². The van der Waals surface area contributed by atoms with Gasteiger partial charge in [0.05, 0.1) is 0 Å². The van der Waals surface area contributed by atoms with E-state index < -0.39 is 8.24 Å². The predicted octanol–water partition coefficient (Wildman–Crippen LogP) is 4.14. The van der Waals surface area contributed by atoms with Crippen LogP contribution in [0.5, 0.6) is 0 Å². The van der Waals surface area contributed by atoms with Crippen molar-refractivity contribution >= 4 is 13.9 Å². The molecule has 1 rings (SSSR count). The Morgan fingerprint density at radius 2 is 1.46 bits per heavy atom. The molecule has 0 aromatic heterocycles. The summed E-state index contributed by atoms with van der Waals surface area (Å²) in [4.78, 5) is 4.83. The Morgan fingerprint density at radius 3 is 1.85 bits per heavy atom. The maximum absolute atomic E-state index is 4.83. The average Bonchev–Trinajstić information content (AvgIpc) is 1.95. The standard InChI is InChI=1S/C11H18NSi/c1-9-7-6-8-10(2)11(9)12-13(3,4)5/h6-8H,1-5H3/q-1. The molecule has 13 heavy (non-hydrogen) atoms. The van der Waals surface area contributed by atoms with Crippen molar-refractivity contribution in [2.45, 2.75) is 33.5 Å². The Balaban J connectivity index is 3.00. The van der Waals surface area contributed by atoms with Gasteiger partial charge in [-0.05, 0) is 22.1 Å². The van der Waals surface area contributed by atoms with E-state index in [0.717, 1.165) is 0 Å². The normalized spacial score (nSPS) is 11.5. The monoisotopic (exact) mass is 192 g/mol. The fourth-order valence-corrected chi connectivity index (χ4v) is 2.34. The number of aryl methyl sites for hydroxylation is 2. The van der Waals surface area contributed by atoms with Crippen LogP contribution in [0.3, 0.4) is 0 Å². The molecule has 0 N–H and O–H groups in total. The molecule has 0 saturated heterocycles. The summed E-state index contributed by atoms with van der Waals surface area (Å²) in [7, 11) is -1.34. The summed E-state index contributed by atoms with van der Waals surface area (Å²) in [6, 6.07) is 6.35. The van der Waals surface area contributed by atoms with Gasteiger partial charge in [-0.15, -0.1) is 5.69 Å². The molecule has 0 aliphatic heterocycles. The molecule has 1 aromatic rings. The Hall–Kier alpha value is -0.763. The van der Waals surface area contributed by atoms with Gasteiger partial charge in [0.25, 0.3) is 0 Å². The molecule has 1 nitrogen and oxygen atoms in total. The molecule has 0 amide bonds. The minimum Gasteiger partial charge on any atom is -0.687 e. The Labute approximate surface area is 82.3 Å². The highest BCUT2D eigenvalue weighted by atomic mass is 28.3. The van der Waals surface area contributed by atoms with E-state index in [1.54, 1.807) is 0 Å². The second-order valence-electron chi connectivity index (χ2n) is 4.52. The zero-order valence-electron chi connectivity index (χ0n) is 9.18. The predicted molar refractivity (Wildman–Crippen MR) is 62.3 cm³/mol. The molecule has 1 aromatic carbocycles. The number of rotatable bonds is 2. The van der Waals surface area contributed by atoms with E-state index in [0.29, 0.717) is 0 Å². The van der Waals surface area contributed by atoms with Gasteiger partial charge in [-0.3, -0.25) is 0 Å². The van der Waals surface area contributed by atoms with Gasteiger partial charge in [0.2, 0.25) is 0 Å². The molecule has 0 unspecified atom stereocenters. The summed E-state index contributed by atoms with van der Waals surface area (Å²) >= 11 is 0. The Morgan fingerprint density at radius 1 is 1.00 bits per heavy atom. The van der Waals surface area contributed by atoms with Crippen LogP contribution in [-0.4, -0.2) is 8.24 Å². The highest BCUT2D eigenvalue weighted by Crippen LogP contribution is 2.32. The van der Waals surface area contributed by atoms with Crippen molar-refractivity contribution in [1.82, 2.24) is 0 Å². The van der Waals surface area contributed by atoms with Gasteiger partial charge in [-0.1, -0.05) is 49.0 Å². The fourth-order valence-electron chi connectivity index (χ4n) is 1.32. The van der Waals surface area contributed by atoms with E-state index in [-0.39, 0.29) is 0 Å². The number of nitrogens with zero attached hydrogens (tertiary/aromatic N) is 1. The van der Waals surface area contributed by atoms with Crippen molar-refractivity contribution in [2.24, 2.45) is 0 Å². The average molecular weight is 192 g/mol. The second kappa shape index (κ2) is 3.54. The van der Waals surface area contributed by atoms with Gasteiger partial charge in [0.1, 0.15) is 0 Å². The van der Waals surface area contributed by atoms with Crippen LogP contribution in [0.15, 0.2) is 18.2 Å². The van der Waals surface area contributed by atoms with Crippen molar-refractivity contribution in [3.8, 4) is 0 Å². The van der Waals surface area contributed by atoms with Gasteiger partial charge in [0.15, 0.2) is 0 Å². The molecular weight excluding hydrogens is 174 g/mol. The second-order valence-corrected chi connectivity index (χ2v) is 9.09. The molecule has 0 heterocycles. The molecule has 2 heteroatoms. The molecular formula is C11H18NSi-. The quantitative estimate of drug-likeness (QED) is 0.625. The van der Waals surface area contributed by atoms with Gasteiger partial charge in [-0.25, -0.2) is 0 Å². The summed E-state index contributed by atoms with van der Waals surface area (Å²) in [5.74, 6) is 0. The molecule has 0 aliphatic rings. The largest absolute Gasteiger partial charge is 0.687 e. The van der Waals surface area contributed by atoms with E-state index in [1.807, 2.05) is 0 Å². The van der Waals surface area contributed by atoms with Crippen LogP contribution < -0.4 is 0 Å². The molecule has 0 spiro atoms. The molecule has 0 radical (unpaired) electrons. The van der Waals surface area contributed by atoms with Crippen LogP contribution in [0.25, 0.3) is 4.98 Å². The van der Waals surface area contributed by atoms with Crippen LogP contribution in [0.1, 0.15) is 11.1 Å². The fraction of sp³-hybridized carbons (Fsp3) is 0.455. The first-order valence-corrected chi connectivity index (χ1v) is 8.14. The summed E-state index contributed by atoms with van der Waals surface area (Å²) in [5, 5.41) is 0. The van der Waals surface area contributed by atoms with E-state index in [1.165, 1.54) is 16.8 Å². The van der Waals surface area contributed by atoms with Crippen LogP contribution in [-0.2, 0) is 0 Å². The van der Waals surface area contributed by atoms with Crippen LogP contribution in [0.4, 0.5) is 5.69 Å². The first kappa shape index (κ1) is 10.3. The maximum Gasteiger partial charge on any atom is -0.0410 e. The van der Waals surface area contributed by atoms with Gasteiger partial charge >= 0.3 is 0 Å². The zero-order valence-corrected chi connectivity index (χ0v) is 10.2. The highest BCUT2D eigenvalue weighted by Gasteiger charge is 2.01. The molecule has 72 valence electrons. The lowest BCUT2D eigenvalue weighted by atomic mass is 10.1. The first-order valence-electron chi connectivity index (χ1n) is 4.69. The van der Waals surface area contributed by atoms with E-state index in [9.17, 15) is 0 Å². The van der Waals surface area contributed by atoms with Crippen molar-refractivity contribution in [3.05, 3.63) is 34.3 Å². The van der Waals surface area contributed by atoms with Crippen molar-refractivity contribution in [1.29, 1.82) is 0 Å². The minimum atomic E-state index is -1.34. The summed E-state index contributed by atoms with van der Waals surface area (Å²) in [6.45, 7) is 11.1. The third-order valence-corrected chi connectivity index (χ3v) is 2.78. The smallest absolute Gasteiger partial charge is 0.0410 e. The van der Waals surface area contributed by atoms with Crippen molar-refractivity contribution in [2.75, 3.05) is 0 Å². The summed E-state index contributed by atoms with van der Waals surface area (Å²) in [5.41, 5.74) is 3.80. The molecule has 0 saturated carbocycles.